The third-order valence-electron chi connectivity index (χ3n) is 4.82. The van der Waals surface area contributed by atoms with Gasteiger partial charge in [0.15, 0.2) is 5.11 Å². The number of halogens is 1. The zero-order chi connectivity index (χ0) is 20.5. The Balaban J connectivity index is 1.68. The molecule has 0 atom stereocenters. The van der Waals surface area contributed by atoms with Crippen LogP contribution in [-0.4, -0.2) is 48.9 Å². The molecule has 0 unspecified atom stereocenters. The lowest BCUT2D eigenvalue weighted by Crippen LogP contribution is -2.51. The normalized spacial score (nSPS) is 15.5. The van der Waals surface area contributed by atoms with Crippen LogP contribution in [0.2, 0.25) is 0 Å². The van der Waals surface area contributed by atoms with Gasteiger partial charge >= 0.3 is 0 Å². The average Bonchev–Trinajstić information content (AvgIpc) is 2.62. The van der Waals surface area contributed by atoms with Crippen LogP contribution in [0.1, 0.15) is 16.7 Å². The van der Waals surface area contributed by atoms with Crippen molar-refractivity contribution in [1.82, 2.24) is 9.21 Å². The summed E-state index contributed by atoms with van der Waals surface area (Å²) in [7, 11) is -3.55. The number of anilines is 1. The molecule has 1 saturated heterocycles. The molecule has 8 heteroatoms. The lowest BCUT2D eigenvalue weighted by molar-refractivity contribution is 0.268. The number of nitrogens with zero attached hydrogens (tertiary/aromatic N) is 2. The van der Waals surface area contributed by atoms with Gasteiger partial charge in [0.05, 0.1) is 4.90 Å². The van der Waals surface area contributed by atoms with Gasteiger partial charge in [-0.2, -0.15) is 4.31 Å². The summed E-state index contributed by atoms with van der Waals surface area (Å²) >= 11 is 5.42. The molecule has 1 aliphatic rings. The van der Waals surface area contributed by atoms with Gasteiger partial charge < -0.3 is 10.2 Å². The third-order valence-corrected chi connectivity index (χ3v) is 7.39. The van der Waals surface area contributed by atoms with Crippen molar-refractivity contribution >= 4 is 33.0 Å². The number of nitrogens with one attached hydrogen (secondary N) is 1. The van der Waals surface area contributed by atoms with Gasteiger partial charge in [0.1, 0.15) is 5.82 Å². The maximum absolute atomic E-state index is 13.2. The van der Waals surface area contributed by atoms with Crippen LogP contribution in [0.3, 0.4) is 0 Å². The quantitative estimate of drug-likeness (QED) is 0.770. The number of rotatable bonds is 3. The minimum Gasteiger partial charge on any atom is -0.346 e. The van der Waals surface area contributed by atoms with Crippen LogP contribution < -0.4 is 5.32 Å². The van der Waals surface area contributed by atoms with Gasteiger partial charge in [0.2, 0.25) is 10.0 Å². The van der Waals surface area contributed by atoms with Crippen LogP contribution in [0.15, 0.2) is 41.3 Å². The Bertz CT molecular complexity index is 960. The van der Waals surface area contributed by atoms with E-state index in [1.807, 2.05) is 37.8 Å². The lowest BCUT2D eigenvalue weighted by atomic mass is 10.1. The van der Waals surface area contributed by atoms with Crippen LogP contribution in [0.25, 0.3) is 0 Å². The smallest absolute Gasteiger partial charge is 0.243 e. The van der Waals surface area contributed by atoms with Crippen molar-refractivity contribution in [2.75, 3.05) is 31.5 Å². The standard InChI is InChI=1S/C20H24FN3O2S2/c1-14-12-15(2)19(16(3)13-14)28(25,26)24-10-8-23(9-11-24)20(27)22-18-6-4-17(21)5-7-18/h4-7,12-13H,8-11H2,1-3H3,(H,22,27). The predicted molar refractivity (Wildman–Crippen MR) is 114 cm³/mol. The molecule has 2 aromatic rings. The van der Waals surface area contributed by atoms with Crippen molar-refractivity contribution in [2.24, 2.45) is 0 Å². The molecule has 1 N–H and O–H groups in total. The first kappa shape index (κ1) is 20.7. The molecule has 2 aromatic carbocycles. The summed E-state index contributed by atoms with van der Waals surface area (Å²) in [4.78, 5) is 2.33. The molecule has 0 amide bonds. The third kappa shape index (κ3) is 4.34. The van der Waals surface area contributed by atoms with Crippen molar-refractivity contribution in [3.05, 3.63) is 58.9 Å². The van der Waals surface area contributed by atoms with E-state index in [4.69, 9.17) is 12.2 Å². The highest BCUT2D eigenvalue weighted by Gasteiger charge is 2.31. The number of piperazine rings is 1. The molecule has 0 spiro atoms. The highest BCUT2D eigenvalue weighted by atomic mass is 32.2. The van der Waals surface area contributed by atoms with Crippen molar-refractivity contribution < 1.29 is 12.8 Å². The molecule has 1 heterocycles. The fraction of sp³-hybridized carbons (Fsp3) is 0.350. The first-order chi connectivity index (χ1) is 13.2. The molecule has 150 valence electrons. The van der Waals surface area contributed by atoms with E-state index in [0.717, 1.165) is 16.7 Å². The van der Waals surface area contributed by atoms with Gasteiger partial charge in [-0.25, -0.2) is 12.8 Å². The number of benzene rings is 2. The van der Waals surface area contributed by atoms with E-state index in [1.54, 1.807) is 12.1 Å². The summed E-state index contributed by atoms with van der Waals surface area (Å²) < 4.78 is 40.9. The summed E-state index contributed by atoms with van der Waals surface area (Å²) in [5.41, 5.74) is 3.30. The van der Waals surface area contributed by atoms with Gasteiger partial charge in [0.25, 0.3) is 0 Å². The molecular formula is C20H24FN3O2S2. The van der Waals surface area contributed by atoms with Gasteiger partial charge in [0, 0.05) is 31.9 Å². The Labute approximate surface area is 171 Å². The van der Waals surface area contributed by atoms with Crippen molar-refractivity contribution in [2.45, 2.75) is 25.7 Å². The minimum absolute atomic E-state index is 0.308. The summed E-state index contributed by atoms with van der Waals surface area (Å²) in [6, 6.07) is 9.76. The topological polar surface area (TPSA) is 52.7 Å². The average molecular weight is 422 g/mol. The van der Waals surface area contributed by atoms with Crippen LogP contribution in [0, 0.1) is 26.6 Å². The van der Waals surface area contributed by atoms with E-state index in [1.165, 1.54) is 16.4 Å². The molecule has 0 saturated carbocycles. The SMILES string of the molecule is Cc1cc(C)c(S(=O)(=O)N2CCN(C(=S)Nc3ccc(F)cc3)CC2)c(C)c1. The van der Waals surface area contributed by atoms with Gasteiger partial charge in [-0.1, -0.05) is 17.7 Å². The zero-order valence-corrected chi connectivity index (χ0v) is 17.8. The lowest BCUT2D eigenvalue weighted by Gasteiger charge is -2.36. The summed E-state index contributed by atoms with van der Waals surface area (Å²) in [5.74, 6) is -0.308. The monoisotopic (exact) mass is 421 g/mol. The number of hydrogen-bond donors (Lipinski definition) is 1. The zero-order valence-electron chi connectivity index (χ0n) is 16.2. The van der Waals surface area contributed by atoms with Crippen molar-refractivity contribution in [3.8, 4) is 0 Å². The summed E-state index contributed by atoms with van der Waals surface area (Å²) in [6.07, 6.45) is 0. The molecular weight excluding hydrogens is 397 g/mol. The second-order valence-electron chi connectivity index (χ2n) is 7.06. The highest BCUT2D eigenvalue weighted by molar-refractivity contribution is 7.89. The van der Waals surface area contributed by atoms with Crippen LogP contribution in [0.5, 0.6) is 0 Å². The van der Waals surface area contributed by atoms with E-state index < -0.39 is 10.0 Å². The van der Waals surface area contributed by atoms with Crippen LogP contribution in [-0.2, 0) is 10.0 Å². The Kier molecular flexibility index (Phi) is 6.02. The molecule has 0 radical (unpaired) electrons. The Morgan fingerprint density at radius 1 is 1.00 bits per heavy atom. The molecule has 0 aliphatic carbocycles. The Morgan fingerprint density at radius 3 is 2.07 bits per heavy atom. The molecule has 28 heavy (non-hydrogen) atoms. The van der Waals surface area contributed by atoms with Gasteiger partial charge in [-0.15, -0.1) is 0 Å². The van der Waals surface area contributed by atoms with E-state index in [9.17, 15) is 12.8 Å². The maximum atomic E-state index is 13.2. The fourth-order valence-corrected chi connectivity index (χ4v) is 5.70. The van der Waals surface area contributed by atoms with Gasteiger partial charge in [-0.3, -0.25) is 0 Å². The first-order valence-electron chi connectivity index (χ1n) is 9.08. The van der Waals surface area contributed by atoms with E-state index in [-0.39, 0.29) is 5.82 Å². The Hall–Kier alpha value is -2.03. The fourth-order valence-electron chi connectivity index (χ4n) is 3.57. The number of thiocarbonyl (C=S) groups is 1. The Morgan fingerprint density at radius 2 is 1.54 bits per heavy atom. The largest absolute Gasteiger partial charge is 0.346 e. The minimum atomic E-state index is -3.55. The second-order valence-corrected chi connectivity index (χ2v) is 9.32. The van der Waals surface area contributed by atoms with Crippen LogP contribution in [0.4, 0.5) is 10.1 Å². The van der Waals surface area contributed by atoms with E-state index in [2.05, 4.69) is 5.32 Å². The van der Waals surface area contributed by atoms with Crippen LogP contribution >= 0.6 is 12.2 Å². The van der Waals surface area contributed by atoms with Crippen molar-refractivity contribution in [3.63, 3.8) is 0 Å². The number of hydrogen-bond acceptors (Lipinski definition) is 3. The number of sulfonamides is 1. The molecule has 1 aliphatic heterocycles. The van der Waals surface area contributed by atoms with E-state index >= 15 is 0 Å². The first-order valence-corrected chi connectivity index (χ1v) is 10.9. The highest BCUT2D eigenvalue weighted by Crippen LogP contribution is 2.26. The molecule has 1 fully saturated rings. The summed E-state index contributed by atoms with van der Waals surface area (Å²) in [6.45, 7) is 7.35. The van der Waals surface area contributed by atoms with E-state index in [0.29, 0.717) is 41.9 Å². The predicted octanol–water partition coefficient (Wildman–Crippen LogP) is 3.45. The molecule has 5 nitrogen and oxygen atoms in total. The molecule has 0 bridgehead atoms. The molecule has 3 rings (SSSR count). The maximum Gasteiger partial charge on any atom is 0.243 e. The number of aryl methyl sites for hydroxylation is 3. The molecule has 0 aromatic heterocycles. The summed E-state index contributed by atoms with van der Waals surface area (Å²) in [5, 5.41) is 3.58. The van der Waals surface area contributed by atoms with Crippen molar-refractivity contribution in [1.29, 1.82) is 0 Å². The van der Waals surface area contributed by atoms with Gasteiger partial charge in [-0.05, 0) is 68.4 Å². The second kappa shape index (κ2) is 8.14.